The van der Waals surface area contributed by atoms with Crippen LogP contribution in [0.3, 0.4) is 0 Å². The molecule has 1 aliphatic heterocycles. The van der Waals surface area contributed by atoms with Gasteiger partial charge in [0, 0.05) is 0 Å². The van der Waals surface area contributed by atoms with Crippen LogP contribution in [0, 0.1) is 0 Å². The van der Waals surface area contributed by atoms with E-state index in [9.17, 15) is 10.2 Å². The van der Waals surface area contributed by atoms with E-state index in [0.29, 0.717) is 0 Å². The standard InChI is InChI=1S/C9H19NO4/c1-5-8(12)7(10(2)3)9(13)6(4-11)14-5/h5-9,11-13H,4H2,1-3H3/t5-,6?,7?,8-,9-/m0/s1. The lowest BCUT2D eigenvalue weighted by molar-refractivity contribution is -0.204. The lowest BCUT2D eigenvalue weighted by Crippen LogP contribution is -2.62. The molecule has 84 valence electrons. The first-order valence-electron chi connectivity index (χ1n) is 4.78. The number of rotatable bonds is 2. The van der Waals surface area contributed by atoms with Crippen molar-refractivity contribution in [3.8, 4) is 0 Å². The quantitative estimate of drug-likeness (QED) is 0.507. The van der Waals surface area contributed by atoms with E-state index in [2.05, 4.69) is 0 Å². The van der Waals surface area contributed by atoms with E-state index in [0.717, 1.165) is 0 Å². The Morgan fingerprint density at radius 2 is 1.79 bits per heavy atom. The topological polar surface area (TPSA) is 73.2 Å². The first-order valence-corrected chi connectivity index (χ1v) is 4.78. The van der Waals surface area contributed by atoms with Gasteiger partial charge in [-0.2, -0.15) is 0 Å². The number of hydrogen-bond acceptors (Lipinski definition) is 5. The molecule has 5 nitrogen and oxygen atoms in total. The fraction of sp³-hybridized carbons (Fsp3) is 1.00. The van der Waals surface area contributed by atoms with Crippen molar-refractivity contribution in [3.05, 3.63) is 0 Å². The highest BCUT2D eigenvalue weighted by atomic mass is 16.5. The Bertz CT molecular complexity index is 188. The smallest absolute Gasteiger partial charge is 0.108 e. The Hall–Kier alpha value is -0.200. The summed E-state index contributed by atoms with van der Waals surface area (Å²) in [7, 11) is 3.56. The lowest BCUT2D eigenvalue weighted by Gasteiger charge is -2.44. The van der Waals surface area contributed by atoms with Crippen molar-refractivity contribution >= 4 is 0 Å². The molecule has 0 aliphatic carbocycles. The maximum atomic E-state index is 9.80. The van der Waals surface area contributed by atoms with Gasteiger partial charge < -0.3 is 25.0 Å². The zero-order valence-electron chi connectivity index (χ0n) is 8.79. The summed E-state index contributed by atoms with van der Waals surface area (Å²) in [4.78, 5) is 1.75. The molecule has 0 saturated carbocycles. The molecule has 0 bridgehead atoms. The predicted molar refractivity (Wildman–Crippen MR) is 50.9 cm³/mol. The molecule has 1 heterocycles. The summed E-state index contributed by atoms with van der Waals surface area (Å²) in [5.74, 6) is 0. The zero-order chi connectivity index (χ0) is 10.9. The minimum Gasteiger partial charge on any atom is -0.394 e. The van der Waals surface area contributed by atoms with Crippen LogP contribution in [-0.2, 0) is 4.74 Å². The van der Waals surface area contributed by atoms with Gasteiger partial charge in [-0.25, -0.2) is 0 Å². The Morgan fingerprint density at radius 3 is 2.21 bits per heavy atom. The van der Waals surface area contributed by atoms with Crippen LogP contribution in [-0.4, -0.2) is 71.4 Å². The monoisotopic (exact) mass is 205 g/mol. The second kappa shape index (κ2) is 4.55. The van der Waals surface area contributed by atoms with Crippen molar-refractivity contribution in [2.24, 2.45) is 0 Å². The maximum Gasteiger partial charge on any atom is 0.108 e. The summed E-state index contributed by atoms with van der Waals surface area (Å²) in [6.45, 7) is 1.50. The third-order valence-corrected chi connectivity index (χ3v) is 2.73. The van der Waals surface area contributed by atoms with Crippen LogP contribution in [0.15, 0.2) is 0 Å². The average Bonchev–Trinajstić information content (AvgIpc) is 2.11. The fourth-order valence-corrected chi connectivity index (χ4v) is 1.90. The van der Waals surface area contributed by atoms with Crippen LogP contribution in [0.2, 0.25) is 0 Å². The van der Waals surface area contributed by atoms with Gasteiger partial charge in [0.05, 0.1) is 24.9 Å². The van der Waals surface area contributed by atoms with Crippen LogP contribution in [0.4, 0.5) is 0 Å². The molecule has 0 aromatic rings. The fourth-order valence-electron chi connectivity index (χ4n) is 1.90. The van der Waals surface area contributed by atoms with Crippen LogP contribution in [0.25, 0.3) is 0 Å². The molecular weight excluding hydrogens is 186 g/mol. The first-order chi connectivity index (χ1) is 6.49. The summed E-state index contributed by atoms with van der Waals surface area (Å²) in [6.07, 6.45) is -2.58. The van der Waals surface area contributed by atoms with Crippen LogP contribution in [0.1, 0.15) is 6.92 Å². The molecule has 3 N–H and O–H groups in total. The van der Waals surface area contributed by atoms with Crippen molar-refractivity contribution in [3.63, 3.8) is 0 Å². The van der Waals surface area contributed by atoms with Crippen molar-refractivity contribution in [1.29, 1.82) is 0 Å². The summed E-state index contributed by atoms with van der Waals surface area (Å²) >= 11 is 0. The minimum absolute atomic E-state index is 0.234. The number of ether oxygens (including phenoxy) is 1. The van der Waals surface area contributed by atoms with Crippen molar-refractivity contribution in [2.75, 3.05) is 20.7 Å². The first kappa shape index (κ1) is 11.9. The minimum atomic E-state index is -0.860. The zero-order valence-corrected chi connectivity index (χ0v) is 8.79. The number of nitrogens with zero attached hydrogens (tertiary/aromatic N) is 1. The number of aliphatic hydroxyl groups excluding tert-OH is 3. The average molecular weight is 205 g/mol. The molecule has 0 amide bonds. The number of likely N-dealkylation sites (N-methyl/N-ethyl adjacent to an activating group) is 1. The molecule has 14 heavy (non-hydrogen) atoms. The van der Waals surface area contributed by atoms with Gasteiger partial charge >= 0.3 is 0 Å². The number of hydrogen-bond donors (Lipinski definition) is 3. The van der Waals surface area contributed by atoms with Crippen LogP contribution < -0.4 is 0 Å². The second-order valence-corrected chi connectivity index (χ2v) is 4.00. The van der Waals surface area contributed by atoms with E-state index in [4.69, 9.17) is 9.84 Å². The molecular formula is C9H19NO4. The summed E-state index contributed by atoms with van der Waals surface area (Å²) in [5.41, 5.74) is 0. The van der Waals surface area contributed by atoms with Crippen LogP contribution >= 0.6 is 0 Å². The molecule has 1 saturated heterocycles. The summed E-state index contributed by atoms with van der Waals surface area (Å²) in [5, 5.41) is 28.6. The summed E-state index contributed by atoms with van der Waals surface area (Å²) < 4.78 is 5.26. The van der Waals surface area contributed by atoms with Gasteiger partial charge in [-0.05, 0) is 21.0 Å². The van der Waals surface area contributed by atoms with Gasteiger partial charge in [0.25, 0.3) is 0 Å². The van der Waals surface area contributed by atoms with E-state index in [1.807, 2.05) is 0 Å². The van der Waals surface area contributed by atoms with Crippen molar-refractivity contribution in [1.82, 2.24) is 4.90 Å². The Labute approximate surface area is 83.9 Å². The van der Waals surface area contributed by atoms with E-state index in [-0.39, 0.29) is 12.7 Å². The Balaban J connectivity index is 2.78. The Kier molecular flexibility index (Phi) is 3.86. The van der Waals surface area contributed by atoms with E-state index in [1.165, 1.54) is 0 Å². The molecule has 1 rings (SSSR count). The molecule has 0 aromatic heterocycles. The van der Waals surface area contributed by atoms with Crippen molar-refractivity contribution in [2.45, 2.75) is 37.4 Å². The third kappa shape index (κ3) is 2.07. The van der Waals surface area contributed by atoms with Gasteiger partial charge in [-0.3, -0.25) is 0 Å². The maximum absolute atomic E-state index is 9.80. The Morgan fingerprint density at radius 1 is 1.21 bits per heavy atom. The predicted octanol–water partition coefficient (Wildman–Crippen LogP) is -1.58. The van der Waals surface area contributed by atoms with Gasteiger partial charge in [0.2, 0.25) is 0 Å². The molecule has 1 fully saturated rings. The third-order valence-electron chi connectivity index (χ3n) is 2.73. The van der Waals surface area contributed by atoms with Gasteiger partial charge in [-0.1, -0.05) is 0 Å². The van der Waals surface area contributed by atoms with Gasteiger partial charge in [0.1, 0.15) is 12.2 Å². The van der Waals surface area contributed by atoms with E-state index in [1.54, 1.807) is 25.9 Å². The number of aliphatic hydroxyl groups is 3. The molecule has 5 atom stereocenters. The molecule has 0 aromatic carbocycles. The molecule has 1 aliphatic rings. The largest absolute Gasteiger partial charge is 0.394 e. The molecule has 2 unspecified atom stereocenters. The lowest BCUT2D eigenvalue weighted by atomic mass is 9.92. The van der Waals surface area contributed by atoms with Gasteiger partial charge in [-0.15, -0.1) is 0 Å². The molecule has 0 radical (unpaired) electrons. The summed E-state index contributed by atoms with van der Waals surface area (Å²) in [6, 6.07) is -0.393. The SMILES string of the molecule is C[C@@H]1OC(CO)[C@H](O)C(N(C)C)[C@H]1O. The highest BCUT2D eigenvalue weighted by Crippen LogP contribution is 2.23. The highest BCUT2D eigenvalue weighted by Gasteiger charge is 2.43. The van der Waals surface area contributed by atoms with Crippen LogP contribution in [0.5, 0.6) is 0 Å². The normalized spacial score (nSPS) is 44.4. The van der Waals surface area contributed by atoms with E-state index < -0.39 is 24.4 Å². The molecule has 0 spiro atoms. The second-order valence-electron chi connectivity index (χ2n) is 4.00. The highest BCUT2D eigenvalue weighted by molar-refractivity contribution is 4.94. The van der Waals surface area contributed by atoms with E-state index >= 15 is 0 Å². The van der Waals surface area contributed by atoms with Crippen molar-refractivity contribution < 1.29 is 20.1 Å². The van der Waals surface area contributed by atoms with Gasteiger partial charge in [0.15, 0.2) is 0 Å². The molecule has 5 heteroatoms.